The first kappa shape index (κ1) is 28.2. The molecule has 0 N–H and O–H groups in total. The van der Waals surface area contributed by atoms with Gasteiger partial charge in [-0.15, -0.1) is 0 Å². The summed E-state index contributed by atoms with van der Waals surface area (Å²) in [6.07, 6.45) is 0. The Balaban J connectivity index is 1.83. The lowest BCUT2D eigenvalue weighted by Gasteiger charge is -2.27. The third-order valence-electron chi connectivity index (χ3n) is 8.41. The zero-order valence-corrected chi connectivity index (χ0v) is 26.7. The molecule has 6 heteroatoms. The van der Waals surface area contributed by atoms with E-state index >= 15 is 0 Å². The molecule has 0 spiro atoms. The monoisotopic (exact) mass is 614 g/mol. The van der Waals surface area contributed by atoms with Crippen LogP contribution in [0.25, 0.3) is 32.2 Å². The third kappa shape index (κ3) is 4.30. The zero-order valence-electron chi connectivity index (χ0n) is 25.0. The van der Waals surface area contributed by atoms with Gasteiger partial charge in [0, 0.05) is 39.2 Å². The Morgan fingerprint density at radius 2 is 0.773 bits per heavy atom. The van der Waals surface area contributed by atoms with Crippen LogP contribution in [0.1, 0.15) is 11.1 Å². The van der Waals surface area contributed by atoms with Crippen LogP contribution in [0.4, 0.5) is 0 Å². The van der Waals surface area contributed by atoms with Gasteiger partial charge >= 0.3 is 0 Å². The van der Waals surface area contributed by atoms with Crippen molar-refractivity contribution in [3.63, 3.8) is 0 Å². The highest BCUT2D eigenvalue weighted by Gasteiger charge is 2.38. The maximum atomic E-state index is 7.16. The molecule has 0 fully saturated rings. The maximum Gasteiger partial charge on any atom is 0.123 e. The zero-order chi connectivity index (χ0) is 30.4. The van der Waals surface area contributed by atoms with Crippen LogP contribution in [0.15, 0.2) is 115 Å². The molecule has 7 rings (SSSR count). The molecule has 0 radical (unpaired) electrons. The van der Waals surface area contributed by atoms with Crippen molar-refractivity contribution in [3.8, 4) is 23.0 Å². The molecule has 0 amide bonds. The van der Waals surface area contributed by atoms with Crippen LogP contribution >= 0.6 is 6.04 Å². The fraction of sp³-hybridized carbons (Fsp3) is 0.105. The van der Waals surface area contributed by atoms with Crippen LogP contribution in [0.3, 0.4) is 0 Å². The summed E-state index contributed by atoms with van der Waals surface area (Å²) in [7, 11) is 6.73. The molecule has 0 bridgehead atoms. The van der Waals surface area contributed by atoms with Crippen molar-refractivity contribution in [2.45, 2.75) is 0 Å². The molecule has 44 heavy (non-hydrogen) atoms. The predicted molar refractivity (Wildman–Crippen MR) is 185 cm³/mol. The predicted octanol–water partition coefficient (Wildman–Crippen LogP) is 7.16. The SMILES string of the molecule is COc1cc(OC)cc(C2=c3c(c4ccccc4c4ccccc34)=C(c3cc(OC)cc(OC)c3)P2(=S)c2ccccc2)c1. The van der Waals surface area contributed by atoms with Crippen molar-refractivity contribution in [2.75, 3.05) is 28.4 Å². The Morgan fingerprint density at radius 1 is 0.432 bits per heavy atom. The van der Waals surface area contributed by atoms with E-state index in [1.165, 1.54) is 10.8 Å². The number of rotatable bonds is 7. The highest BCUT2D eigenvalue weighted by Crippen LogP contribution is 2.67. The topological polar surface area (TPSA) is 36.9 Å². The van der Waals surface area contributed by atoms with Gasteiger partial charge in [0.05, 0.1) is 28.4 Å². The van der Waals surface area contributed by atoms with Crippen molar-refractivity contribution < 1.29 is 18.9 Å². The van der Waals surface area contributed by atoms with Gasteiger partial charge in [-0.2, -0.15) is 0 Å². The van der Waals surface area contributed by atoms with Crippen LogP contribution in [0, 0.1) is 0 Å². The molecule has 0 unspecified atom stereocenters. The largest absolute Gasteiger partial charge is 0.497 e. The third-order valence-corrected chi connectivity index (χ3v) is 13.4. The van der Waals surface area contributed by atoms with Crippen LogP contribution in [-0.4, -0.2) is 28.4 Å². The number of benzene rings is 6. The van der Waals surface area contributed by atoms with Crippen molar-refractivity contribution in [2.24, 2.45) is 0 Å². The second-order valence-corrected chi connectivity index (χ2v) is 15.0. The minimum atomic E-state index is -2.75. The summed E-state index contributed by atoms with van der Waals surface area (Å²) < 4.78 is 23.2. The van der Waals surface area contributed by atoms with Gasteiger partial charge in [-0.1, -0.05) is 90.7 Å². The first-order chi connectivity index (χ1) is 21.5. The Kier molecular flexibility index (Phi) is 7.16. The van der Waals surface area contributed by atoms with E-state index < -0.39 is 6.04 Å². The molecule has 0 saturated heterocycles. The van der Waals surface area contributed by atoms with Crippen molar-refractivity contribution in [1.29, 1.82) is 0 Å². The lowest BCUT2D eigenvalue weighted by Crippen LogP contribution is -2.27. The Hall–Kier alpha value is -4.57. The highest BCUT2D eigenvalue weighted by molar-refractivity contribution is 8.28. The second kappa shape index (κ2) is 11.2. The molecule has 0 atom stereocenters. The van der Waals surface area contributed by atoms with E-state index in [9.17, 15) is 0 Å². The summed E-state index contributed by atoms with van der Waals surface area (Å²) in [5.41, 5.74) is 1.97. The molecule has 4 nitrogen and oxygen atoms in total. The Bertz CT molecular complexity index is 2080. The van der Waals surface area contributed by atoms with Crippen LogP contribution < -0.4 is 34.7 Å². The molecule has 6 aromatic carbocycles. The standard InChI is InChI=1S/C38H31O4PS/c1-39-26-18-24(19-27(22-26)40-2)37-35-33-16-10-8-14-31(33)32-15-9-11-17-34(32)36(35)38(43(37,44)30-12-6-5-7-13-30)25-20-28(41-3)23-29(21-25)42-4/h5-23H,1-4H3. The summed E-state index contributed by atoms with van der Waals surface area (Å²) in [4.78, 5) is 0. The summed E-state index contributed by atoms with van der Waals surface area (Å²) >= 11 is 7.16. The molecule has 1 heterocycles. The minimum Gasteiger partial charge on any atom is -0.497 e. The lowest BCUT2D eigenvalue weighted by molar-refractivity contribution is 0.394. The fourth-order valence-corrected chi connectivity index (χ4v) is 11.5. The van der Waals surface area contributed by atoms with E-state index in [1.807, 2.05) is 18.2 Å². The van der Waals surface area contributed by atoms with Gasteiger partial charge in [0.2, 0.25) is 0 Å². The van der Waals surface area contributed by atoms with Gasteiger partial charge in [0.25, 0.3) is 0 Å². The van der Waals surface area contributed by atoms with Gasteiger partial charge in [-0.25, -0.2) is 0 Å². The lowest BCUT2D eigenvalue weighted by atomic mass is 9.95. The molecular weight excluding hydrogens is 583 g/mol. The number of methoxy groups -OCH3 is 4. The Labute approximate surface area is 261 Å². The van der Waals surface area contributed by atoms with Gasteiger partial charge in [0.1, 0.15) is 23.0 Å². The van der Waals surface area contributed by atoms with Crippen LogP contribution in [-0.2, 0) is 11.8 Å². The average Bonchev–Trinajstić information content (AvgIpc) is 3.38. The summed E-state index contributed by atoms with van der Waals surface area (Å²) in [6, 6.07) is 37.2. The molecule has 218 valence electrons. The molecule has 6 aromatic rings. The Morgan fingerprint density at radius 3 is 1.14 bits per heavy atom. The van der Waals surface area contributed by atoms with Gasteiger partial charge < -0.3 is 18.9 Å². The van der Waals surface area contributed by atoms with E-state index in [0.29, 0.717) is 23.0 Å². The number of ether oxygens (including phenoxy) is 4. The molecule has 0 saturated carbocycles. The number of fused-ring (bicyclic) bond motifs is 6. The second-order valence-electron chi connectivity index (χ2n) is 10.7. The van der Waals surface area contributed by atoms with Crippen molar-refractivity contribution >= 4 is 55.3 Å². The first-order valence-corrected chi connectivity index (χ1v) is 17.1. The maximum absolute atomic E-state index is 7.16. The fourth-order valence-electron chi connectivity index (χ4n) is 6.50. The first-order valence-electron chi connectivity index (χ1n) is 14.3. The molecule has 0 aromatic heterocycles. The molecule has 1 aliphatic rings. The summed E-state index contributed by atoms with van der Waals surface area (Å²) in [5.74, 6) is 2.85. The van der Waals surface area contributed by atoms with E-state index in [4.69, 9.17) is 30.8 Å². The molecule has 0 aliphatic carbocycles. The van der Waals surface area contributed by atoms with Gasteiger partial charge in [-0.3, -0.25) is 0 Å². The van der Waals surface area contributed by atoms with E-state index in [1.54, 1.807) is 28.4 Å². The van der Waals surface area contributed by atoms with Crippen LogP contribution in [0.5, 0.6) is 23.0 Å². The van der Waals surface area contributed by atoms with E-state index in [2.05, 4.69) is 97.1 Å². The minimum absolute atomic E-state index is 0.713. The highest BCUT2D eigenvalue weighted by atomic mass is 32.4. The van der Waals surface area contributed by atoms with Gasteiger partial charge in [0.15, 0.2) is 0 Å². The van der Waals surface area contributed by atoms with Crippen LogP contribution in [0.2, 0.25) is 0 Å². The molecule has 1 aliphatic heterocycles. The van der Waals surface area contributed by atoms with E-state index in [0.717, 1.165) is 48.3 Å². The normalized spacial score (nSPS) is 13.6. The molecular formula is C38H31O4PS. The summed E-state index contributed by atoms with van der Waals surface area (Å²) in [5, 5.41) is 10.3. The van der Waals surface area contributed by atoms with Gasteiger partial charge in [-0.05, 0) is 62.2 Å². The smallest absolute Gasteiger partial charge is 0.123 e. The average molecular weight is 615 g/mol. The number of hydrogen-bond donors (Lipinski definition) is 0. The quantitative estimate of drug-likeness (QED) is 0.141. The van der Waals surface area contributed by atoms with Crippen molar-refractivity contribution in [1.82, 2.24) is 0 Å². The number of hydrogen-bond acceptors (Lipinski definition) is 5. The summed E-state index contributed by atoms with van der Waals surface area (Å²) in [6.45, 7) is 0. The van der Waals surface area contributed by atoms with E-state index in [-0.39, 0.29) is 0 Å². The van der Waals surface area contributed by atoms with Crippen molar-refractivity contribution in [3.05, 3.63) is 137 Å².